The summed E-state index contributed by atoms with van der Waals surface area (Å²) in [5, 5.41) is 3.38. The van der Waals surface area contributed by atoms with Crippen molar-refractivity contribution in [2.45, 2.75) is 60.0 Å². The predicted molar refractivity (Wildman–Crippen MR) is 147 cm³/mol. The molecule has 1 atom stereocenters. The molecule has 0 spiro atoms. The second-order valence-electron chi connectivity index (χ2n) is 9.65. The molecule has 198 valence electrons. The highest BCUT2D eigenvalue weighted by Gasteiger charge is 2.27. The molecule has 0 saturated carbocycles. The maximum atomic E-state index is 13.4. The largest absolute Gasteiger partial charge is 0.354 e. The van der Waals surface area contributed by atoms with Crippen LogP contribution in [0.2, 0.25) is 5.02 Å². The van der Waals surface area contributed by atoms with Crippen LogP contribution in [0.4, 0.5) is 5.69 Å². The molecule has 0 aliphatic heterocycles. The summed E-state index contributed by atoms with van der Waals surface area (Å²) in [6.45, 7) is 10.4. The maximum absolute atomic E-state index is 13.4. The minimum atomic E-state index is -3.59. The van der Waals surface area contributed by atoms with Crippen molar-refractivity contribution < 1.29 is 18.0 Å². The first-order valence-corrected chi connectivity index (χ1v) is 14.4. The molecule has 0 fully saturated rings. The summed E-state index contributed by atoms with van der Waals surface area (Å²) < 4.78 is 26.4. The van der Waals surface area contributed by atoms with Crippen LogP contribution in [0.5, 0.6) is 0 Å². The Morgan fingerprint density at radius 1 is 1.06 bits per heavy atom. The van der Waals surface area contributed by atoms with Gasteiger partial charge in [0.1, 0.15) is 6.04 Å². The number of anilines is 1. The lowest BCUT2D eigenvalue weighted by Crippen LogP contribution is -2.48. The Hall–Kier alpha value is -2.58. The van der Waals surface area contributed by atoms with Gasteiger partial charge in [-0.15, -0.1) is 0 Å². The molecule has 0 unspecified atom stereocenters. The second kappa shape index (κ2) is 13.1. The average Bonchev–Trinajstić information content (AvgIpc) is 2.79. The number of hydrogen-bond acceptors (Lipinski definition) is 4. The Bertz CT molecular complexity index is 1170. The van der Waals surface area contributed by atoms with Gasteiger partial charge in [-0.25, -0.2) is 8.42 Å². The van der Waals surface area contributed by atoms with Crippen molar-refractivity contribution in [2.75, 3.05) is 23.7 Å². The third-order valence-corrected chi connectivity index (χ3v) is 7.54. The van der Waals surface area contributed by atoms with Crippen LogP contribution >= 0.6 is 11.6 Å². The summed E-state index contributed by atoms with van der Waals surface area (Å²) >= 11 is 6.21. The van der Waals surface area contributed by atoms with Crippen LogP contribution in [-0.2, 0) is 26.2 Å². The zero-order valence-corrected chi connectivity index (χ0v) is 23.6. The average molecular weight is 536 g/mol. The van der Waals surface area contributed by atoms with E-state index in [2.05, 4.69) is 5.32 Å². The van der Waals surface area contributed by atoms with Crippen LogP contribution in [0.1, 0.15) is 50.3 Å². The van der Waals surface area contributed by atoms with Gasteiger partial charge in [0.2, 0.25) is 21.8 Å². The Kier molecular flexibility index (Phi) is 10.8. The summed E-state index contributed by atoms with van der Waals surface area (Å²) in [5.74, 6) is -0.129. The van der Waals surface area contributed by atoms with Crippen molar-refractivity contribution in [1.82, 2.24) is 10.2 Å². The smallest absolute Gasteiger partial charge is 0.242 e. The fourth-order valence-corrected chi connectivity index (χ4v) is 5.08. The van der Waals surface area contributed by atoms with E-state index in [4.69, 9.17) is 11.6 Å². The van der Waals surface area contributed by atoms with E-state index >= 15 is 0 Å². The maximum Gasteiger partial charge on any atom is 0.242 e. The van der Waals surface area contributed by atoms with Gasteiger partial charge in [0, 0.05) is 31.1 Å². The topological polar surface area (TPSA) is 86.8 Å². The highest BCUT2D eigenvalue weighted by Crippen LogP contribution is 2.28. The van der Waals surface area contributed by atoms with Crippen molar-refractivity contribution in [1.29, 1.82) is 0 Å². The van der Waals surface area contributed by atoms with Crippen LogP contribution in [0.25, 0.3) is 0 Å². The molecule has 2 amide bonds. The normalized spacial score (nSPS) is 12.3. The van der Waals surface area contributed by atoms with Crippen molar-refractivity contribution in [3.8, 4) is 0 Å². The molecule has 0 bridgehead atoms. The monoisotopic (exact) mass is 535 g/mol. The highest BCUT2D eigenvalue weighted by molar-refractivity contribution is 7.92. The van der Waals surface area contributed by atoms with Crippen molar-refractivity contribution in [3.05, 3.63) is 64.2 Å². The number of rotatable bonds is 12. The second-order valence-corrected chi connectivity index (χ2v) is 12.0. The number of halogens is 1. The van der Waals surface area contributed by atoms with Crippen LogP contribution < -0.4 is 9.62 Å². The van der Waals surface area contributed by atoms with E-state index in [1.165, 1.54) is 4.31 Å². The fraction of sp³-hybridized carbons (Fsp3) is 0.481. The third kappa shape index (κ3) is 8.52. The molecule has 0 aliphatic rings. The lowest BCUT2D eigenvalue weighted by Gasteiger charge is -2.30. The van der Waals surface area contributed by atoms with Crippen LogP contribution in [0.15, 0.2) is 42.5 Å². The third-order valence-electron chi connectivity index (χ3n) is 5.95. The Morgan fingerprint density at radius 2 is 1.72 bits per heavy atom. The Balaban J connectivity index is 2.20. The van der Waals surface area contributed by atoms with E-state index in [9.17, 15) is 18.0 Å². The molecule has 36 heavy (non-hydrogen) atoms. The number of aryl methyl sites for hydroxylation is 1. The van der Waals surface area contributed by atoms with Crippen LogP contribution in [0, 0.1) is 19.8 Å². The first-order valence-electron chi connectivity index (χ1n) is 12.2. The fourth-order valence-electron chi connectivity index (χ4n) is 3.89. The Morgan fingerprint density at radius 3 is 2.33 bits per heavy atom. The molecular weight excluding hydrogens is 498 g/mol. The van der Waals surface area contributed by atoms with Gasteiger partial charge in [-0.05, 0) is 56.4 Å². The number of hydrogen-bond donors (Lipinski definition) is 1. The molecule has 2 aromatic rings. The zero-order valence-electron chi connectivity index (χ0n) is 22.0. The standard InChI is InChI=1S/C27H38ClN3O4S/c1-19(2)17-29-27(33)22(5)30(18-23-11-7-10-20(3)16-23)26(32)14-9-15-31(36(6,34)35)25-13-8-12-24(28)21(25)4/h7-8,10-13,16,19,22H,9,14-15,17-18H2,1-6H3,(H,29,33)/t22-/m0/s1. The van der Waals surface area contributed by atoms with E-state index in [0.29, 0.717) is 41.7 Å². The lowest BCUT2D eigenvalue weighted by molar-refractivity contribution is -0.140. The number of sulfonamides is 1. The molecule has 0 radical (unpaired) electrons. The van der Waals surface area contributed by atoms with Gasteiger partial charge in [0.15, 0.2) is 0 Å². The number of nitrogens with one attached hydrogen (secondary N) is 1. The molecule has 9 heteroatoms. The minimum absolute atomic E-state index is 0.0965. The van der Waals surface area contributed by atoms with E-state index in [1.54, 1.807) is 36.9 Å². The van der Waals surface area contributed by atoms with E-state index in [1.807, 2.05) is 45.0 Å². The summed E-state index contributed by atoms with van der Waals surface area (Å²) in [5.41, 5.74) is 3.15. The van der Waals surface area contributed by atoms with Crippen molar-refractivity contribution in [3.63, 3.8) is 0 Å². The molecule has 0 saturated heterocycles. The first-order chi connectivity index (χ1) is 16.8. The van der Waals surface area contributed by atoms with Crippen molar-refractivity contribution >= 4 is 39.1 Å². The predicted octanol–water partition coefficient (Wildman–Crippen LogP) is 4.69. The molecular formula is C27H38ClN3O4S. The summed E-state index contributed by atoms with van der Waals surface area (Å²) in [4.78, 5) is 27.7. The SMILES string of the molecule is Cc1cccc(CN(C(=O)CCCN(c2cccc(Cl)c2C)S(C)(=O)=O)[C@@H](C)C(=O)NCC(C)C)c1. The van der Waals surface area contributed by atoms with Gasteiger partial charge < -0.3 is 10.2 Å². The quantitative estimate of drug-likeness (QED) is 0.427. The lowest BCUT2D eigenvalue weighted by atomic mass is 10.1. The molecule has 1 N–H and O–H groups in total. The Labute approximate surface area is 220 Å². The van der Waals surface area contributed by atoms with Gasteiger partial charge in [0.05, 0.1) is 11.9 Å². The van der Waals surface area contributed by atoms with Crippen LogP contribution in [-0.4, -0.2) is 50.5 Å². The van der Waals surface area contributed by atoms with E-state index < -0.39 is 16.1 Å². The molecule has 7 nitrogen and oxygen atoms in total. The zero-order chi connectivity index (χ0) is 27.0. The number of carbonyl (C=O) groups excluding carboxylic acids is 2. The number of benzene rings is 2. The number of carbonyl (C=O) groups is 2. The molecule has 0 aromatic heterocycles. The van der Waals surface area contributed by atoms with E-state index in [-0.39, 0.29) is 24.8 Å². The highest BCUT2D eigenvalue weighted by atomic mass is 35.5. The van der Waals surface area contributed by atoms with Crippen LogP contribution in [0.3, 0.4) is 0 Å². The van der Waals surface area contributed by atoms with Gasteiger partial charge >= 0.3 is 0 Å². The summed E-state index contributed by atoms with van der Waals surface area (Å²) in [6.07, 6.45) is 1.53. The van der Waals surface area contributed by atoms with Gasteiger partial charge in [-0.1, -0.05) is 61.3 Å². The molecule has 2 rings (SSSR count). The first kappa shape index (κ1) is 29.6. The molecule has 0 heterocycles. The summed E-state index contributed by atoms with van der Waals surface area (Å²) in [6, 6.07) is 12.3. The van der Waals surface area contributed by atoms with Crippen molar-refractivity contribution in [2.24, 2.45) is 5.92 Å². The van der Waals surface area contributed by atoms with Gasteiger partial charge in [0.25, 0.3) is 0 Å². The molecule has 2 aromatic carbocycles. The number of nitrogens with zero attached hydrogens (tertiary/aromatic N) is 2. The minimum Gasteiger partial charge on any atom is -0.354 e. The summed E-state index contributed by atoms with van der Waals surface area (Å²) in [7, 11) is -3.59. The number of amides is 2. The van der Waals surface area contributed by atoms with Gasteiger partial charge in [-0.2, -0.15) is 0 Å². The molecule has 0 aliphatic carbocycles. The van der Waals surface area contributed by atoms with Gasteiger partial charge in [-0.3, -0.25) is 13.9 Å². The van der Waals surface area contributed by atoms with E-state index in [0.717, 1.165) is 17.4 Å².